The van der Waals surface area contributed by atoms with E-state index in [1.807, 2.05) is 25.1 Å². The summed E-state index contributed by atoms with van der Waals surface area (Å²) in [6, 6.07) is 6.46. The van der Waals surface area contributed by atoms with Gasteiger partial charge in [-0.3, -0.25) is 0 Å². The molecule has 1 atom stereocenters. The van der Waals surface area contributed by atoms with Crippen LogP contribution in [0.4, 0.5) is 0 Å². The first-order valence-electron chi connectivity index (χ1n) is 7.37. The SMILES string of the molecule is CCOCC(NCc1c(C)nc2ccccn12)C(C)C. The topological polar surface area (TPSA) is 38.6 Å². The number of hydrogen-bond acceptors (Lipinski definition) is 3. The molecule has 1 N–H and O–H groups in total. The van der Waals surface area contributed by atoms with E-state index in [9.17, 15) is 0 Å². The van der Waals surface area contributed by atoms with E-state index in [4.69, 9.17) is 4.74 Å². The van der Waals surface area contributed by atoms with Crippen molar-refractivity contribution in [3.8, 4) is 0 Å². The van der Waals surface area contributed by atoms with Crippen molar-refractivity contribution in [2.45, 2.75) is 40.3 Å². The van der Waals surface area contributed by atoms with Gasteiger partial charge in [0.1, 0.15) is 5.65 Å². The van der Waals surface area contributed by atoms with Gasteiger partial charge in [0.15, 0.2) is 0 Å². The Morgan fingerprint density at radius 2 is 2.15 bits per heavy atom. The Hall–Kier alpha value is -1.39. The highest BCUT2D eigenvalue weighted by Crippen LogP contribution is 2.12. The summed E-state index contributed by atoms with van der Waals surface area (Å²) in [5, 5.41) is 3.60. The zero-order valence-corrected chi connectivity index (χ0v) is 12.9. The van der Waals surface area contributed by atoms with Crippen LogP contribution in [0.3, 0.4) is 0 Å². The van der Waals surface area contributed by atoms with E-state index in [-0.39, 0.29) is 0 Å². The lowest BCUT2D eigenvalue weighted by molar-refractivity contribution is 0.107. The number of fused-ring (bicyclic) bond motifs is 1. The van der Waals surface area contributed by atoms with Crippen LogP contribution in [-0.2, 0) is 11.3 Å². The highest BCUT2D eigenvalue weighted by Gasteiger charge is 2.15. The van der Waals surface area contributed by atoms with Crippen molar-refractivity contribution < 1.29 is 4.74 Å². The van der Waals surface area contributed by atoms with Gasteiger partial charge in [0.25, 0.3) is 0 Å². The summed E-state index contributed by atoms with van der Waals surface area (Å²) < 4.78 is 7.71. The molecule has 0 fully saturated rings. The summed E-state index contributed by atoms with van der Waals surface area (Å²) in [5.41, 5.74) is 3.32. The average molecular weight is 275 g/mol. The fourth-order valence-electron chi connectivity index (χ4n) is 2.34. The maximum absolute atomic E-state index is 5.56. The molecule has 0 aliphatic rings. The molecule has 0 aliphatic heterocycles. The van der Waals surface area contributed by atoms with Crippen LogP contribution < -0.4 is 5.32 Å². The molecule has 0 bridgehead atoms. The predicted molar refractivity (Wildman–Crippen MR) is 81.9 cm³/mol. The first-order chi connectivity index (χ1) is 9.63. The first-order valence-corrected chi connectivity index (χ1v) is 7.37. The van der Waals surface area contributed by atoms with Gasteiger partial charge in [-0.15, -0.1) is 0 Å². The number of nitrogens with one attached hydrogen (secondary N) is 1. The van der Waals surface area contributed by atoms with Crippen LogP contribution in [0, 0.1) is 12.8 Å². The van der Waals surface area contributed by atoms with E-state index < -0.39 is 0 Å². The molecule has 0 spiro atoms. The second-order valence-corrected chi connectivity index (χ2v) is 5.46. The fourth-order valence-corrected chi connectivity index (χ4v) is 2.34. The quantitative estimate of drug-likeness (QED) is 0.844. The lowest BCUT2D eigenvalue weighted by Gasteiger charge is -2.22. The zero-order valence-electron chi connectivity index (χ0n) is 12.9. The molecule has 0 aromatic carbocycles. The Labute approximate surface area is 121 Å². The number of rotatable bonds is 7. The van der Waals surface area contributed by atoms with Crippen LogP contribution in [0.25, 0.3) is 5.65 Å². The monoisotopic (exact) mass is 275 g/mol. The Morgan fingerprint density at radius 3 is 2.85 bits per heavy atom. The number of imidazole rings is 1. The second kappa shape index (κ2) is 6.86. The molecule has 2 aromatic heterocycles. The van der Waals surface area contributed by atoms with Gasteiger partial charge in [-0.1, -0.05) is 19.9 Å². The normalized spacial score (nSPS) is 13.2. The molecule has 0 amide bonds. The Kier molecular flexibility index (Phi) is 5.15. The van der Waals surface area contributed by atoms with Crippen molar-refractivity contribution in [1.29, 1.82) is 0 Å². The maximum atomic E-state index is 5.56. The fraction of sp³-hybridized carbons (Fsp3) is 0.562. The molecule has 2 aromatic rings. The predicted octanol–water partition coefficient (Wildman–Crippen LogP) is 2.79. The Bertz CT molecular complexity index is 548. The number of aromatic nitrogens is 2. The maximum Gasteiger partial charge on any atom is 0.137 e. The molecule has 0 saturated carbocycles. The van der Waals surface area contributed by atoms with Crippen LogP contribution in [0.2, 0.25) is 0 Å². The summed E-state index contributed by atoms with van der Waals surface area (Å²) in [6.45, 7) is 10.9. The number of hydrogen-bond donors (Lipinski definition) is 1. The van der Waals surface area contributed by atoms with Crippen molar-refractivity contribution in [1.82, 2.24) is 14.7 Å². The smallest absolute Gasteiger partial charge is 0.137 e. The van der Waals surface area contributed by atoms with E-state index in [0.29, 0.717) is 12.0 Å². The molecule has 2 heterocycles. The second-order valence-electron chi connectivity index (χ2n) is 5.46. The van der Waals surface area contributed by atoms with Gasteiger partial charge < -0.3 is 14.5 Å². The van der Waals surface area contributed by atoms with Crippen molar-refractivity contribution in [3.63, 3.8) is 0 Å². The largest absolute Gasteiger partial charge is 0.380 e. The molecule has 110 valence electrons. The van der Waals surface area contributed by atoms with Gasteiger partial charge in [-0.25, -0.2) is 4.98 Å². The summed E-state index contributed by atoms with van der Waals surface area (Å²) in [5.74, 6) is 0.543. The first kappa shape index (κ1) is 15.0. The molecular formula is C16H25N3O. The molecule has 20 heavy (non-hydrogen) atoms. The van der Waals surface area contributed by atoms with E-state index in [1.54, 1.807) is 0 Å². The highest BCUT2D eigenvalue weighted by atomic mass is 16.5. The van der Waals surface area contributed by atoms with Crippen molar-refractivity contribution in [2.75, 3.05) is 13.2 Å². The van der Waals surface area contributed by atoms with E-state index in [1.165, 1.54) is 5.69 Å². The zero-order chi connectivity index (χ0) is 14.5. The molecule has 1 unspecified atom stereocenters. The van der Waals surface area contributed by atoms with Crippen LogP contribution in [0.15, 0.2) is 24.4 Å². The molecule has 0 saturated heterocycles. The molecule has 4 nitrogen and oxygen atoms in total. The van der Waals surface area contributed by atoms with Crippen molar-refractivity contribution >= 4 is 5.65 Å². The van der Waals surface area contributed by atoms with E-state index in [2.05, 4.69) is 41.7 Å². The van der Waals surface area contributed by atoms with Gasteiger partial charge in [-0.2, -0.15) is 0 Å². The summed E-state index contributed by atoms with van der Waals surface area (Å²) in [6.07, 6.45) is 2.07. The standard InChI is InChI=1S/C16H25N3O/c1-5-20-11-14(12(2)3)17-10-15-13(4)18-16-8-6-7-9-19(15)16/h6-9,12,14,17H,5,10-11H2,1-4H3. The summed E-state index contributed by atoms with van der Waals surface area (Å²) in [4.78, 5) is 4.59. The number of nitrogens with zero attached hydrogens (tertiary/aromatic N) is 2. The minimum Gasteiger partial charge on any atom is -0.380 e. The lowest BCUT2D eigenvalue weighted by Crippen LogP contribution is -2.38. The van der Waals surface area contributed by atoms with E-state index in [0.717, 1.165) is 31.1 Å². The lowest BCUT2D eigenvalue weighted by atomic mass is 10.1. The number of ether oxygens (including phenoxy) is 1. The van der Waals surface area contributed by atoms with Gasteiger partial charge in [0.2, 0.25) is 0 Å². The minimum absolute atomic E-state index is 0.364. The minimum atomic E-state index is 0.364. The van der Waals surface area contributed by atoms with Crippen LogP contribution in [-0.4, -0.2) is 28.6 Å². The number of aryl methyl sites for hydroxylation is 1. The third-order valence-corrected chi connectivity index (χ3v) is 3.67. The summed E-state index contributed by atoms with van der Waals surface area (Å²) >= 11 is 0. The van der Waals surface area contributed by atoms with Gasteiger partial charge in [-0.05, 0) is 31.9 Å². The highest BCUT2D eigenvalue weighted by molar-refractivity contribution is 5.42. The average Bonchev–Trinajstić information content (AvgIpc) is 2.74. The van der Waals surface area contributed by atoms with Crippen molar-refractivity contribution in [3.05, 3.63) is 35.8 Å². The van der Waals surface area contributed by atoms with Gasteiger partial charge >= 0.3 is 0 Å². The number of pyridine rings is 1. The Balaban J connectivity index is 2.09. The molecule has 4 heteroatoms. The van der Waals surface area contributed by atoms with Crippen molar-refractivity contribution in [2.24, 2.45) is 5.92 Å². The third-order valence-electron chi connectivity index (χ3n) is 3.67. The molecule has 0 radical (unpaired) electrons. The van der Waals surface area contributed by atoms with Gasteiger partial charge in [0.05, 0.1) is 18.0 Å². The summed E-state index contributed by atoms with van der Waals surface area (Å²) in [7, 11) is 0. The van der Waals surface area contributed by atoms with Crippen LogP contribution in [0.1, 0.15) is 32.2 Å². The van der Waals surface area contributed by atoms with Crippen LogP contribution in [0.5, 0.6) is 0 Å². The van der Waals surface area contributed by atoms with Crippen LogP contribution >= 0.6 is 0 Å². The van der Waals surface area contributed by atoms with Gasteiger partial charge in [0, 0.05) is 25.4 Å². The third kappa shape index (κ3) is 3.38. The molecule has 0 aliphatic carbocycles. The Morgan fingerprint density at radius 1 is 1.35 bits per heavy atom. The molecule has 2 rings (SSSR count). The van der Waals surface area contributed by atoms with E-state index >= 15 is 0 Å². The molecular weight excluding hydrogens is 250 g/mol.